The number of pyridine rings is 4. The lowest BCUT2D eigenvalue weighted by atomic mass is 9.88. The van der Waals surface area contributed by atoms with Crippen LogP contribution in [0.1, 0.15) is 144 Å². The molecule has 0 saturated carbocycles. The first-order chi connectivity index (χ1) is 60.4. The number of hydrogen-bond acceptors (Lipinski definition) is 22. The summed E-state index contributed by atoms with van der Waals surface area (Å²) in [6.45, 7) is 35.1. The minimum Gasteiger partial charge on any atom is -0.370 e. The Balaban J connectivity index is 0.000000119. The van der Waals surface area contributed by atoms with Gasteiger partial charge in [-0.2, -0.15) is 20.4 Å². The van der Waals surface area contributed by atoms with Crippen LogP contribution in [0.3, 0.4) is 0 Å². The number of likely N-dealkylation sites (tertiary alicyclic amines) is 1. The van der Waals surface area contributed by atoms with E-state index in [0.717, 1.165) is 219 Å². The molecule has 16 aromatic rings. The minimum absolute atomic E-state index is 0.0332. The Hall–Kier alpha value is -12.8. The van der Waals surface area contributed by atoms with Crippen molar-refractivity contribution in [2.24, 2.45) is 7.05 Å². The molecule has 0 bridgehead atoms. The molecule has 652 valence electrons. The number of nitrogens with one attached hydrogen (secondary N) is 2. The van der Waals surface area contributed by atoms with Crippen LogP contribution >= 0.6 is 0 Å². The van der Waals surface area contributed by atoms with Crippen LogP contribution < -0.4 is 47.6 Å². The Bertz CT molecular complexity index is 7070. The van der Waals surface area contributed by atoms with E-state index >= 15 is 0 Å². The quantitative estimate of drug-likeness (QED) is 0.102. The normalized spacial score (nSPS) is 16.2. The van der Waals surface area contributed by atoms with Crippen LogP contribution in [0.25, 0.3) is 95.5 Å². The fourth-order valence-electron chi connectivity index (χ4n) is 18.3. The summed E-state index contributed by atoms with van der Waals surface area (Å²) in [5.41, 5.74) is 22.7. The van der Waals surface area contributed by atoms with E-state index in [0.29, 0.717) is 62.7 Å². The SMILES string of the molecule is CCCNC1(C)CCN(c2ccc3nc(-c4cc5c(C)nc(C)cn5n4)cc(=O)n3c2)CC1.CCNC1(C)CCN(c2ccc3nc(-c4cc5c(C)nc(C)cn5n4)cc(=O)n3c2)CC1.Cc1cc(C2CCN(C)CC2)cn2c(=O)cc(-c3ccc4nn(C)cc4c3)nc12.Cc1cn2nc(-c3cc(=O)n4cc(N5CCC(C)(N(C)C)CC5)ccc4n3)cc2c(C)n1. The molecule has 19 heterocycles. The molecule has 126 heavy (non-hydrogen) atoms. The third-order valence-corrected chi connectivity index (χ3v) is 26.2. The fourth-order valence-corrected chi connectivity index (χ4v) is 18.3. The van der Waals surface area contributed by atoms with Crippen molar-refractivity contribution in [1.29, 1.82) is 0 Å². The highest BCUT2D eigenvalue weighted by Crippen LogP contribution is 2.35. The predicted molar refractivity (Wildman–Crippen MR) is 499 cm³/mol. The van der Waals surface area contributed by atoms with Gasteiger partial charge in [0.05, 0.1) is 115 Å². The summed E-state index contributed by atoms with van der Waals surface area (Å²) in [5, 5.41) is 26.6. The molecule has 4 fully saturated rings. The van der Waals surface area contributed by atoms with Gasteiger partial charge < -0.3 is 35.1 Å². The van der Waals surface area contributed by atoms with E-state index in [1.165, 1.54) is 5.56 Å². The Morgan fingerprint density at radius 3 is 1.25 bits per heavy atom. The molecule has 0 radical (unpaired) electrons. The van der Waals surface area contributed by atoms with Crippen molar-refractivity contribution in [3.05, 3.63) is 239 Å². The highest BCUT2D eigenvalue weighted by atomic mass is 16.1. The van der Waals surface area contributed by atoms with Crippen molar-refractivity contribution >= 4 is 67.1 Å². The van der Waals surface area contributed by atoms with Gasteiger partial charge in [-0.3, -0.25) is 56.4 Å². The van der Waals surface area contributed by atoms with Gasteiger partial charge >= 0.3 is 0 Å². The van der Waals surface area contributed by atoms with Gasteiger partial charge in [0.2, 0.25) is 0 Å². The molecule has 30 nitrogen and oxygen atoms in total. The average Bonchev–Trinajstić information content (AvgIpc) is 1.39. The maximum atomic E-state index is 13.0. The van der Waals surface area contributed by atoms with Crippen molar-refractivity contribution in [2.45, 2.75) is 163 Å². The lowest BCUT2D eigenvalue weighted by Crippen LogP contribution is -2.51. The molecule has 0 spiro atoms. The second-order valence-corrected chi connectivity index (χ2v) is 36.0. The van der Waals surface area contributed by atoms with E-state index in [4.69, 9.17) is 19.9 Å². The number of fused-ring (bicyclic) bond motifs is 8. The molecule has 0 aliphatic carbocycles. The van der Waals surface area contributed by atoms with Crippen molar-refractivity contribution in [3.8, 4) is 45.4 Å². The second kappa shape index (κ2) is 34.6. The Labute approximate surface area is 731 Å². The maximum Gasteiger partial charge on any atom is 0.258 e. The summed E-state index contributed by atoms with van der Waals surface area (Å²) in [6, 6.07) is 32.3. The van der Waals surface area contributed by atoms with Crippen LogP contribution in [0, 0.1) is 48.5 Å². The van der Waals surface area contributed by atoms with E-state index in [2.05, 4.69) is 151 Å². The summed E-state index contributed by atoms with van der Waals surface area (Å²) in [5.74, 6) is 0.508. The highest BCUT2D eigenvalue weighted by molar-refractivity contribution is 5.84. The molecule has 4 aliphatic rings. The van der Waals surface area contributed by atoms with Gasteiger partial charge in [0.15, 0.2) is 0 Å². The Kier molecular flexibility index (Phi) is 23.5. The molecule has 30 heteroatoms. The van der Waals surface area contributed by atoms with E-state index in [1.54, 1.807) is 60.1 Å². The molecule has 4 aliphatic heterocycles. The zero-order valence-corrected chi connectivity index (χ0v) is 75.3. The maximum absolute atomic E-state index is 13.0. The number of rotatable bonds is 14. The lowest BCUT2D eigenvalue weighted by Gasteiger charge is -2.44. The monoisotopic (exact) mass is 1690 g/mol. The van der Waals surface area contributed by atoms with Gasteiger partial charge in [-0.25, -0.2) is 33.5 Å². The van der Waals surface area contributed by atoms with Gasteiger partial charge in [0.25, 0.3) is 22.2 Å². The number of nitrogens with zero attached hydrogens (tertiary/aromatic N) is 24. The van der Waals surface area contributed by atoms with Crippen LogP contribution in [0.15, 0.2) is 172 Å². The molecule has 1 aromatic carbocycles. The van der Waals surface area contributed by atoms with Crippen LogP contribution in [0.5, 0.6) is 0 Å². The molecule has 4 saturated heterocycles. The van der Waals surface area contributed by atoms with E-state index < -0.39 is 0 Å². The molecule has 2 N–H and O–H groups in total. The van der Waals surface area contributed by atoms with E-state index in [-0.39, 0.29) is 38.9 Å². The number of aromatic nitrogens is 19. The summed E-state index contributed by atoms with van der Waals surface area (Å²) < 4.78 is 13.8. The van der Waals surface area contributed by atoms with Crippen LogP contribution in [0.2, 0.25) is 0 Å². The topological polar surface area (TPSA) is 286 Å². The number of piperidine rings is 4. The zero-order chi connectivity index (χ0) is 88.4. The Morgan fingerprint density at radius 1 is 0.413 bits per heavy atom. The molecule has 20 rings (SSSR count). The number of aryl methyl sites for hydroxylation is 8. The van der Waals surface area contributed by atoms with Crippen LogP contribution in [0.4, 0.5) is 17.1 Å². The standard InChI is InChI=1S/C25H31N7O.2C24H29N7O.C23H25N5O/c1-5-10-26-25(4)8-11-30(12-9-25)19-6-7-23-28-20(14-24(33)31(23)16-19)21-13-22-18(3)27-17(2)15-32(22)29-21;1-16-14-31-21(17(2)25-16)12-20(27-31)19-13-23(32)30-15-18(6-7-22(30)26-19)29-10-8-24(3,9-11-29)28(4)5;1-5-25-24(4)8-10-29(11-9-24)18-6-7-22-27-19(13-23(32)30(22)15-18)20-12-21-17(3)26-16(2)14-31(21)28-20;1-15-10-18(16-6-8-26(2)9-7-16)14-28-22(29)12-21(24-23(15)28)17-4-5-20-19(11-17)13-27(3)25-20/h6-7,13-16,26H,5,8-12H2,1-4H3;6-7,12-15H,8-11H2,1-5H3;6-7,12-15,25H,5,8-11H2,1-4H3;4-5,10-14,16H,6-9H2,1-3H3. The van der Waals surface area contributed by atoms with Gasteiger partial charge in [-0.05, 0) is 258 Å². The highest BCUT2D eigenvalue weighted by Gasteiger charge is 2.34. The zero-order valence-electron chi connectivity index (χ0n) is 75.3. The van der Waals surface area contributed by atoms with Gasteiger partial charge in [-0.1, -0.05) is 26.0 Å². The van der Waals surface area contributed by atoms with Crippen molar-refractivity contribution in [3.63, 3.8) is 0 Å². The number of benzene rings is 1. The minimum atomic E-state index is -0.107. The van der Waals surface area contributed by atoms with Crippen molar-refractivity contribution in [1.82, 2.24) is 112 Å². The lowest BCUT2D eigenvalue weighted by molar-refractivity contribution is 0.137. The summed E-state index contributed by atoms with van der Waals surface area (Å²) in [7, 11) is 8.37. The first-order valence-corrected chi connectivity index (χ1v) is 44.1. The van der Waals surface area contributed by atoms with Gasteiger partial charge in [0.1, 0.15) is 39.7 Å². The summed E-state index contributed by atoms with van der Waals surface area (Å²) in [6.07, 6.45) is 25.3. The van der Waals surface area contributed by atoms with Gasteiger partial charge in [-0.15, -0.1) is 0 Å². The van der Waals surface area contributed by atoms with E-state index in [1.807, 2.05) is 160 Å². The van der Waals surface area contributed by atoms with E-state index in [9.17, 15) is 19.2 Å². The molecule has 0 amide bonds. The molecular formula is C96H114N26O4. The van der Waals surface area contributed by atoms with Gasteiger partial charge in [0, 0.05) is 129 Å². The fraction of sp³-hybridized carbons (Fsp3) is 0.406. The molecular weight excluding hydrogens is 1580 g/mol. The third-order valence-electron chi connectivity index (χ3n) is 26.2. The van der Waals surface area contributed by atoms with Crippen LogP contribution in [-0.2, 0) is 7.05 Å². The third kappa shape index (κ3) is 17.7. The van der Waals surface area contributed by atoms with Crippen molar-refractivity contribution in [2.75, 3.05) is 101 Å². The number of hydrogen-bond donors (Lipinski definition) is 2. The summed E-state index contributed by atoms with van der Waals surface area (Å²) >= 11 is 0. The largest absolute Gasteiger partial charge is 0.370 e. The first kappa shape index (κ1) is 85.4. The number of anilines is 3. The molecule has 0 atom stereocenters. The predicted octanol–water partition coefficient (Wildman–Crippen LogP) is 12.7. The Morgan fingerprint density at radius 2 is 0.825 bits per heavy atom. The first-order valence-electron chi connectivity index (χ1n) is 44.1. The second-order valence-electron chi connectivity index (χ2n) is 36.0. The van der Waals surface area contributed by atoms with Crippen LogP contribution in [-0.4, -0.2) is 204 Å². The molecule has 15 aromatic heterocycles. The average molecular weight is 1700 g/mol. The molecule has 0 unspecified atom stereocenters. The van der Waals surface area contributed by atoms with Crippen molar-refractivity contribution < 1.29 is 0 Å². The smallest absolute Gasteiger partial charge is 0.258 e. The summed E-state index contributed by atoms with van der Waals surface area (Å²) in [4.78, 5) is 96.2.